The van der Waals surface area contributed by atoms with Crippen molar-refractivity contribution in [2.24, 2.45) is 0 Å². The second kappa shape index (κ2) is 10.5. The molecule has 3 aromatic rings. The molecule has 1 heterocycles. The molecule has 0 aliphatic heterocycles. The fourth-order valence-corrected chi connectivity index (χ4v) is 4.50. The Hall–Kier alpha value is -2.12. The van der Waals surface area contributed by atoms with E-state index in [1.807, 2.05) is 13.8 Å². The molecular weight excluding hydrogens is 477 g/mol. The largest absolute Gasteiger partial charge is 0.338 e. The lowest BCUT2D eigenvalue weighted by Gasteiger charge is -2.21. The minimum absolute atomic E-state index is 0.110. The van der Waals surface area contributed by atoms with Crippen molar-refractivity contribution >= 4 is 68.8 Å². The van der Waals surface area contributed by atoms with Crippen LogP contribution in [0.5, 0.6) is 0 Å². The van der Waals surface area contributed by atoms with Crippen LogP contribution in [0.15, 0.2) is 48.7 Å². The molecule has 0 N–H and O–H groups in total. The van der Waals surface area contributed by atoms with E-state index in [0.717, 1.165) is 17.8 Å². The Bertz CT molecular complexity index is 1090. The summed E-state index contributed by atoms with van der Waals surface area (Å²) in [6, 6.07) is 11.5. The maximum absolute atomic E-state index is 13.5. The van der Waals surface area contributed by atoms with E-state index in [2.05, 4.69) is 4.98 Å². The van der Waals surface area contributed by atoms with Gasteiger partial charge in [0.05, 0.1) is 22.5 Å². The van der Waals surface area contributed by atoms with Crippen LogP contribution in [0.2, 0.25) is 15.1 Å². The first kappa shape index (κ1) is 23.5. The lowest BCUT2D eigenvalue weighted by Crippen LogP contribution is -2.30. The van der Waals surface area contributed by atoms with Crippen molar-refractivity contribution in [1.29, 1.82) is 0 Å². The highest BCUT2D eigenvalue weighted by molar-refractivity contribution is 7.17. The van der Waals surface area contributed by atoms with Gasteiger partial charge in [0.1, 0.15) is 4.88 Å². The van der Waals surface area contributed by atoms with Crippen LogP contribution in [0.3, 0.4) is 0 Å². The minimum atomic E-state index is -0.391. The highest BCUT2D eigenvalue weighted by atomic mass is 35.5. The zero-order chi connectivity index (χ0) is 22.5. The molecule has 0 aliphatic carbocycles. The monoisotopic (exact) mass is 495 g/mol. The molecule has 31 heavy (non-hydrogen) atoms. The molecule has 0 spiro atoms. The molecule has 0 atom stereocenters. The Morgan fingerprint density at radius 1 is 0.968 bits per heavy atom. The lowest BCUT2D eigenvalue weighted by atomic mass is 10.2. The number of hydrogen-bond acceptors (Lipinski definition) is 4. The average Bonchev–Trinajstić information content (AvgIpc) is 3.22. The van der Waals surface area contributed by atoms with Crippen molar-refractivity contribution < 1.29 is 9.59 Å². The summed E-state index contributed by atoms with van der Waals surface area (Å²) in [4.78, 5) is 34.3. The molecule has 2 aromatic carbocycles. The number of amides is 2. The van der Waals surface area contributed by atoms with Gasteiger partial charge in [0.25, 0.3) is 11.8 Å². The van der Waals surface area contributed by atoms with Gasteiger partial charge in [0, 0.05) is 23.1 Å². The lowest BCUT2D eigenvalue weighted by molar-refractivity contribution is 0.0769. The molecule has 3 rings (SSSR count). The standard InChI is InChI=1S/C22H20Cl3N3O2S/c1-3-11-27(4-2)21(30)19-13-26-22(31-19)28(16-8-5-14(23)6-9-16)20(29)17-10-7-15(24)12-18(17)25/h5-10,12-13H,3-4,11H2,1-2H3. The summed E-state index contributed by atoms with van der Waals surface area (Å²) >= 11 is 19.4. The first-order chi connectivity index (χ1) is 14.8. The van der Waals surface area contributed by atoms with Crippen molar-refractivity contribution in [1.82, 2.24) is 9.88 Å². The molecule has 0 saturated carbocycles. The van der Waals surface area contributed by atoms with Crippen LogP contribution in [-0.4, -0.2) is 34.8 Å². The zero-order valence-electron chi connectivity index (χ0n) is 16.9. The van der Waals surface area contributed by atoms with Crippen molar-refractivity contribution in [3.63, 3.8) is 0 Å². The van der Waals surface area contributed by atoms with Gasteiger partial charge in [-0.25, -0.2) is 4.98 Å². The Kier molecular flexibility index (Phi) is 7.94. The van der Waals surface area contributed by atoms with E-state index in [1.165, 1.54) is 17.2 Å². The molecule has 0 unspecified atom stereocenters. The summed E-state index contributed by atoms with van der Waals surface area (Å²) in [5.74, 6) is -0.501. The third-order valence-corrected chi connectivity index (χ3v) is 6.28. The van der Waals surface area contributed by atoms with Gasteiger partial charge in [-0.2, -0.15) is 0 Å². The van der Waals surface area contributed by atoms with Crippen LogP contribution in [0.1, 0.15) is 40.3 Å². The first-order valence-electron chi connectivity index (χ1n) is 9.65. The molecule has 1 aromatic heterocycles. The number of halogens is 3. The number of aromatic nitrogens is 1. The molecule has 2 amide bonds. The summed E-state index contributed by atoms with van der Waals surface area (Å²) in [6.45, 7) is 5.20. The molecule has 5 nitrogen and oxygen atoms in total. The number of nitrogens with zero attached hydrogens (tertiary/aromatic N) is 3. The van der Waals surface area contributed by atoms with Crippen LogP contribution in [-0.2, 0) is 0 Å². The van der Waals surface area contributed by atoms with Crippen LogP contribution in [0, 0.1) is 0 Å². The second-order valence-electron chi connectivity index (χ2n) is 6.63. The normalized spacial score (nSPS) is 10.7. The quantitative estimate of drug-likeness (QED) is 0.355. The topological polar surface area (TPSA) is 53.5 Å². The number of carbonyl (C=O) groups excluding carboxylic acids is 2. The van der Waals surface area contributed by atoms with Gasteiger partial charge in [-0.3, -0.25) is 14.5 Å². The van der Waals surface area contributed by atoms with E-state index in [4.69, 9.17) is 34.8 Å². The van der Waals surface area contributed by atoms with Crippen molar-refractivity contribution in [3.05, 3.63) is 74.2 Å². The van der Waals surface area contributed by atoms with E-state index in [-0.39, 0.29) is 16.5 Å². The predicted molar refractivity (Wildman–Crippen MR) is 128 cm³/mol. The molecular formula is C22H20Cl3N3O2S. The summed E-state index contributed by atoms with van der Waals surface area (Å²) in [5.41, 5.74) is 0.819. The summed E-state index contributed by atoms with van der Waals surface area (Å²) in [7, 11) is 0. The van der Waals surface area contributed by atoms with Gasteiger partial charge in [0.15, 0.2) is 5.13 Å². The smallest absolute Gasteiger partial charge is 0.266 e. The van der Waals surface area contributed by atoms with Crippen LogP contribution >= 0.6 is 46.1 Å². The van der Waals surface area contributed by atoms with E-state index in [1.54, 1.807) is 41.3 Å². The third kappa shape index (κ3) is 5.39. The van der Waals surface area contributed by atoms with Gasteiger partial charge in [-0.15, -0.1) is 0 Å². The molecule has 0 radical (unpaired) electrons. The predicted octanol–water partition coefficient (Wildman–Crippen LogP) is 6.95. The van der Waals surface area contributed by atoms with E-state index in [0.29, 0.717) is 38.8 Å². The average molecular weight is 497 g/mol. The third-order valence-electron chi connectivity index (χ3n) is 4.51. The van der Waals surface area contributed by atoms with Crippen LogP contribution < -0.4 is 4.90 Å². The van der Waals surface area contributed by atoms with Gasteiger partial charge in [0.2, 0.25) is 0 Å². The summed E-state index contributed by atoms with van der Waals surface area (Å²) in [6.07, 6.45) is 2.36. The van der Waals surface area contributed by atoms with Crippen molar-refractivity contribution in [3.8, 4) is 0 Å². The number of hydrogen-bond donors (Lipinski definition) is 0. The molecule has 0 fully saturated rings. The first-order valence-corrected chi connectivity index (χ1v) is 11.6. The molecule has 0 aliphatic rings. The van der Waals surface area contributed by atoms with Crippen LogP contribution in [0.4, 0.5) is 10.8 Å². The van der Waals surface area contributed by atoms with Crippen molar-refractivity contribution in [2.45, 2.75) is 20.3 Å². The highest BCUT2D eigenvalue weighted by Crippen LogP contribution is 2.34. The Balaban J connectivity index is 2.03. The van der Waals surface area contributed by atoms with E-state index in [9.17, 15) is 9.59 Å². The number of anilines is 2. The number of rotatable bonds is 7. The van der Waals surface area contributed by atoms with E-state index >= 15 is 0 Å². The van der Waals surface area contributed by atoms with Gasteiger partial charge < -0.3 is 4.90 Å². The number of thiazole rings is 1. The van der Waals surface area contributed by atoms with Gasteiger partial charge in [-0.1, -0.05) is 53.1 Å². The molecule has 0 saturated heterocycles. The summed E-state index contributed by atoms with van der Waals surface area (Å²) < 4.78 is 0. The molecule has 9 heteroatoms. The fourth-order valence-electron chi connectivity index (χ4n) is 2.98. The fraction of sp³-hybridized carbons (Fsp3) is 0.227. The number of benzene rings is 2. The maximum atomic E-state index is 13.5. The van der Waals surface area contributed by atoms with E-state index < -0.39 is 5.91 Å². The summed E-state index contributed by atoms with van der Waals surface area (Å²) in [5, 5.41) is 1.55. The Morgan fingerprint density at radius 2 is 1.65 bits per heavy atom. The zero-order valence-corrected chi connectivity index (χ0v) is 20.0. The highest BCUT2D eigenvalue weighted by Gasteiger charge is 2.26. The van der Waals surface area contributed by atoms with Crippen LogP contribution in [0.25, 0.3) is 0 Å². The maximum Gasteiger partial charge on any atom is 0.266 e. The van der Waals surface area contributed by atoms with Crippen molar-refractivity contribution in [2.75, 3.05) is 18.0 Å². The van der Waals surface area contributed by atoms with Gasteiger partial charge >= 0.3 is 0 Å². The molecule has 0 bridgehead atoms. The Morgan fingerprint density at radius 3 is 2.26 bits per heavy atom. The molecule has 162 valence electrons. The number of carbonyl (C=O) groups is 2. The SMILES string of the molecule is CCCN(CC)C(=O)c1cnc(N(C(=O)c2ccc(Cl)cc2Cl)c2ccc(Cl)cc2)s1. The van der Waals surface area contributed by atoms with Gasteiger partial charge in [-0.05, 0) is 55.8 Å². The minimum Gasteiger partial charge on any atom is -0.338 e. The Labute approximate surface area is 200 Å². The second-order valence-corrected chi connectivity index (χ2v) is 8.92.